The lowest BCUT2D eigenvalue weighted by molar-refractivity contribution is 0.147. The van der Waals surface area contributed by atoms with Gasteiger partial charge in [0.25, 0.3) is 0 Å². The lowest BCUT2D eigenvalue weighted by Crippen LogP contribution is -2.50. The molecule has 0 saturated carbocycles. The SMILES string of the molecule is COc1cc(NC(=O)N2CC(c3nc(C(C)C)no3)C2)cc(OC)c1OC. The number of urea groups is 1. The van der Waals surface area contributed by atoms with E-state index in [0.29, 0.717) is 47.7 Å². The van der Waals surface area contributed by atoms with Gasteiger partial charge in [-0.25, -0.2) is 4.79 Å². The Morgan fingerprint density at radius 1 is 1.19 bits per heavy atom. The molecule has 1 aliphatic rings. The molecule has 3 rings (SSSR count). The molecular formula is C18H24N4O5. The number of anilines is 1. The Balaban J connectivity index is 1.63. The van der Waals surface area contributed by atoms with E-state index in [0.717, 1.165) is 0 Å². The molecule has 9 nitrogen and oxygen atoms in total. The van der Waals surface area contributed by atoms with Crippen molar-refractivity contribution in [2.45, 2.75) is 25.7 Å². The highest BCUT2D eigenvalue weighted by Gasteiger charge is 2.36. The quantitative estimate of drug-likeness (QED) is 0.827. The Labute approximate surface area is 157 Å². The van der Waals surface area contributed by atoms with Crippen molar-refractivity contribution >= 4 is 11.7 Å². The van der Waals surface area contributed by atoms with E-state index in [-0.39, 0.29) is 17.9 Å². The minimum absolute atomic E-state index is 0.0655. The standard InChI is InChI=1S/C18H24N4O5/c1-10(2)16-20-17(27-21-16)11-8-22(9-11)18(23)19-12-6-13(24-3)15(26-5)14(7-12)25-4/h6-7,10-11H,8-9H2,1-5H3,(H,19,23). The minimum atomic E-state index is -0.218. The van der Waals surface area contributed by atoms with E-state index in [9.17, 15) is 4.79 Å². The molecule has 2 heterocycles. The summed E-state index contributed by atoms with van der Waals surface area (Å²) < 4.78 is 21.2. The smallest absolute Gasteiger partial charge is 0.321 e. The number of hydrogen-bond donors (Lipinski definition) is 1. The summed E-state index contributed by atoms with van der Waals surface area (Å²) >= 11 is 0. The van der Waals surface area contributed by atoms with Crippen molar-refractivity contribution in [1.82, 2.24) is 15.0 Å². The van der Waals surface area contributed by atoms with E-state index in [2.05, 4.69) is 15.5 Å². The number of carbonyl (C=O) groups is 1. The summed E-state index contributed by atoms with van der Waals surface area (Å²) in [6, 6.07) is 3.15. The molecule has 1 fully saturated rings. The number of carbonyl (C=O) groups excluding carboxylic acids is 1. The summed E-state index contributed by atoms with van der Waals surface area (Å²) in [4.78, 5) is 18.5. The predicted octanol–water partition coefficient (Wildman–Crippen LogP) is 2.85. The summed E-state index contributed by atoms with van der Waals surface area (Å²) in [5, 5.41) is 6.81. The lowest BCUT2D eigenvalue weighted by Gasteiger charge is -2.36. The number of amides is 2. The van der Waals surface area contributed by atoms with E-state index < -0.39 is 0 Å². The highest BCUT2D eigenvalue weighted by atomic mass is 16.5. The molecule has 1 N–H and O–H groups in total. The van der Waals surface area contributed by atoms with Gasteiger partial charge >= 0.3 is 6.03 Å². The predicted molar refractivity (Wildman–Crippen MR) is 97.8 cm³/mol. The van der Waals surface area contributed by atoms with Gasteiger partial charge in [-0.3, -0.25) is 0 Å². The summed E-state index contributed by atoms with van der Waals surface area (Å²) in [6.45, 7) is 5.06. The van der Waals surface area contributed by atoms with Crippen molar-refractivity contribution in [1.29, 1.82) is 0 Å². The second-order valence-corrected chi connectivity index (χ2v) is 6.59. The van der Waals surface area contributed by atoms with Crippen molar-refractivity contribution in [3.63, 3.8) is 0 Å². The molecule has 0 aliphatic carbocycles. The first-order chi connectivity index (χ1) is 13.0. The second-order valence-electron chi connectivity index (χ2n) is 6.59. The van der Waals surface area contributed by atoms with Gasteiger partial charge in [0.1, 0.15) is 0 Å². The van der Waals surface area contributed by atoms with Crippen LogP contribution in [0.4, 0.5) is 10.5 Å². The third-order valence-electron chi connectivity index (χ3n) is 4.41. The van der Waals surface area contributed by atoms with Crippen molar-refractivity contribution < 1.29 is 23.5 Å². The molecule has 2 aromatic rings. The molecular weight excluding hydrogens is 352 g/mol. The highest BCUT2D eigenvalue weighted by molar-refractivity contribution is 5.91. The fourth-order valence-corrected chi connectivity index (χ4v) is 2.80. The van der Waals surface area contributed by atoms with Crippen LogP contribution in [0.5, 0.6) is 17.2 Å². The molecule has 1 saturated heterocycles. The summed E-state index contributed by atoms with van der Waals surface area (Å²) in [6.07, 6.45) is 0. The minimum Gasteiger partial charge on any atom is -0.493 e. The van der Waals surface area contributed by atoms with Crippen LogP contribution in [0.25, 0.3) is 0 Å². The zero-order chi connectivity index (χ0) is 19.6. The first-order valence-electron chi connectivity index (χ1n) is 8.66. The lowest BCUT2D eigenvalue weighted by atomic mass is 10.0. The van der Waals surface area contributed by atoms with E-state index >= 15 is 0 Å². The first kappa shape index (κ1) is 18.8. The average Bonchev–Trinajstić information content (AvgIpc) is 3.09. The van der Waals surface area contributed by atoms with Gasteiger partial charge in [-0.15, -0.1) is 0 Å². The van der Waals surface area contributed by atoms with Crippen LogP contribution in [0, 0.1) is 0 Å². The van der Waals surface area contributed by atoms with Crippen LogP contribution in [0.15, 0.2) is 16.7 Å². The fourth-order valence-electron chi connectivity index (χ4n) is 2.80. The van der Waals surface area contributed by atoms with Gasteiger partial charge < -0.3 is 29.0 Å². The molecule has 1 aromatic heterocycles. The number of aromatic nitrogens is 2. The van der Waals surface area contributed by atoms with Gasteiger partial charge in [-0.1, -0.05) is 19.0 Å². The summed E-state index contributed by atoms with van der Waals surface area (Å²) in [7, 11) is 4.58. The first-order valence-corrected chi connectivity index (χ1v) is 8.66. The normalized spacial score (nSPS) is 14.1. The van der Waals surface area contributed by atoms with Crippen molar-refractivity contribution in [3.8, 4) is 17.2 Å². The Morgan fingerprint density at radius 3 is 2.30 bits per heavy atom. The van der Waals surface area contributed by atoms with E-state index in [1.54, 1.807) is 17.0 Å². The van der Waals surface area contributed by atoms with Crippen LogP contribution in [0.3, 0.4) is 0 Å². The number of nitrogens with one attached hydrogen (secondary N) is 1. The molecule has 27 heavy (non-hydrogen) atoms. The van der Waals surface area contributed by atoms with Gasteiger partial charge in [0.05, 0.1) is 32.9 Å². The number of benzene rings is 1. The molecule has 0 atom stereocenters. The van der Waals surface area contributed by atoms with Crippen molar-refractivity contribution in [2.24, 2.45) is 0 Å². The largest absolute Gasteiger partial charge is 0.493 e. The molecule has 9 heteroatoms. The molecule has 0 unspecified atom stereocenters. The zero-order valence-corrected chi connectivity index (χ0v) is 16.1. The Kier molecular flexibility index (Phi) is 5.38. The van der Waals surface area contributed by atoms with Gasteiger partial charge in [-0.05, 0) is 0 Å². The second kappa shape index (κ2) is 7.73. The molecule has 1 aromatic carbocycles. The van der Waals surface area contributed by atoms with Gasteiger partial charge in [0.2, 0.25) is 11.6 Å². The number of nitrogens with zero attached hydrogens (tertiary/aromatic N) is 3. The number of hydrogen-bond acceptors (Lipinski definition) is 7. The van der Waals surface area contributed by atoms with Crippen LogP contribution in [-0.4, -0.2) is 55.5 Å². The van der Waals surface area contributed by atoms with E-state index in [1.165, 1.54) is 21.3 Å². The third kappa shape index (κ3) is 3.76. The Hall–Kier alpha value is -2.97. The van der Waals surface area contributed by atoms with Crippen LogP contribution >= 0.6 is 0 Å². The maximum atomic E-state index is 12.5. The van der Waals surface area contributed by atoms with E-state index in [1.807, 2.05) is 13.8 Å². The molecule has 2 amide bonds. The maximum absolute atomic E-state index is 12.5. The highest BCUT2D eigenvalue weighted by Crippen LogP contribution is 2.40. The van der Waals surface area contributed by atoms with Gasteiger partial charge in [0.15, 0.2) is 17.3 Å². The summed E-state index contributed by atoms with van der Waals surface area (Å²) in [5.74, 6) is 2.96. The molecule has 0 bridgehead atoms. The van der Waals surface area contributed by atoms with Crippen molar-refractivity contribution in [2.75, 3.05) is 39.7 Å². The summed E-state index contributed by atoms with van der Waals surface area (Å²) in [5.41, 5.74) is 0.554. The topological polar surface area (TPSA) is 99.0 Å². The third-order valence-corrected chi connectivity index (χ3v) is 4.41. The molecule has 0 spiro atoms. The number of ether oxygens (including phenoxy) is 3. The molecule has 0 radical (unpaired) electrons. The van der Waals surface area contributed by atoms with Crippen LogP contribution in [0.2, 0.25) is 0 Å². The van der Waals surface area contributed by atoms with Crippen LogP contribution in [-0.2, 0) is 0 Å². The van der Waals surface area contributed by atoms with Crippen molar-refractivity contribution in [3.05, 3.63) is 23.8 Å². The molecule has 146 valence electrons. The maximum Gasteiger partial charge on any atom is 0.321 e. The number of rotatable bonds is 6. The monoisotopic (exact) mass is 376 g/mol. The van der Waals surface area contributed by atoms with E-state index in [4.69, 9.17) is 18.7 Å². The fraction of sp³-hybridized carbons (Fsp3) is 0.500. The van der Waals surface area contributed by atoms with Crippen LogP contribution in [0.1, 0.15) is 37.4 Å². The Morgan fingerprint density at radius 2 is 1.81 bits per heavy atom. The van der Waals surface area contributed by atoms with Crippen LogP contribution < -0.4 is 19.5 Å². The molecule has 1 aliphatic heterocycles. The number of methoxy groups -OCH3 is 3. The number of likely N-dealkylation sites (tertiary alicyclic amines) is 1. The zero-order valence-electron chi connectivity index (χ0n) is 16.1. The Bertz CT molecular complexity index is 789. The van der Waals surface area contributed by atoms with Gasteiger partial charge in [-0.2, -0.15) is 4.98 Å². The van der Waals surface area contributed by atoms with Gasteiger partial charge in [0, 0.05) is 31.1 Å². The average molecular weight is 376 g/mol.